The lowest BCUT2D eigenvalue weighted by Crippen LogP contribution is -2.30. The minimum Gasteiger partial charge on any atom is -0.497 e. The minimum atomic E-state index is -0.233. The molecule has 1 atom stereocenters. The highest BCUT2D eigenvalue weighted by molar-refractivity contribution is 6.00. The molecule has 4 rings (SSSR count). The molecule has 0 aliphatic carbocycles. The fourth-order valence-electron chi connectivity index (χ4n) is 3.52. The number of amides is 1. The van der Waals surface area contributed by atoms with Crippen LogP contribution in [0.5, 0.6) is 5.75 Å². The van der Waals surface area contributed by atoms with Gasteiger partial charge in [0.2, 0.25) is 0 Å². The van der Waals surface area contributed by atoms with Gasteiger partial charge < -0.3 is 15.0 Å². The Kier molecular flexibility index (Phi) is 5.52. The number of carbonyl (C=O) groups excluding carboxylic acids is 1. The predicted octanol–water partition coefficient (Wildman–Crippen LogP) is 4.48. The van der Waals surface area contributed by atoms with Gasteiger partial charge in [0.1, 0.15) is 11.6 Å². The highest BCUT2D eigenvalue weighted by Gasteiger charge is 2.23. The number of para-hydroxylation sites is 2. The number of H-pyrrole nitrogens is 2. The molecule has 3 N–H and O–H groups in total. The van der Waals surface area contributed by atoms with E-state index in [1.807, 2.05) is 48.5 Å². The van der Waals surface area contributed by atoms with E-state index in [9.17, 15) is 4.79 Å². The summed E-state index contributed by atoms with van der Waals surface area (Å²) in [4.78, 5) is 21.2. The number of carbonyl (C=O) groups is 1. The number of aromatic amines is 2. The average Bonchev–Trinajstić information content (AvgIpc) is 3.40. The largest absolute Gasteiger partial charge is 0.497 e. The summed E-state index contributed by atoms with van der Waals surface area (Å²) in [7, 11) is 1.62. The lowest BCUT2D eigenvalue weighted by Gasteiger charge is -2.18. The third kappa shape index (κ3) is 4.05. The van der Waals surface area contributed by atoms with Crippen molar-refractivity contribution in [2.45, 2.75) is 26.3 Å². The molecule has 0 aliphatic rings. The van der Waals surface area contributed by atoms with Crippen LogP contribution in [0.3, 0.4) is 0 Å². The zero-order valence-corrected chi connectivity index (χ0v) is 17.3. The van der Waals surface area contributed by atoms with Crippen LogP contribution in [0.25, 0.3) is 22.3 Å². The number of hydrogen-bond acceptors (Lipinski definition) is 4. The molecule has 2 aromatic heterocycles. The van der Waals surface area contributed by atoms with Crippen LogP contribution >= 0.6 is 0 Å². The minimum absolute atomic E-state index is 0.194. The van der Waals surface area contributed by atoms with Crippen LogP contribution in [0.15, 0.2) is 54.7 Å². The summed E-state index contributed by atoms with van der Waals surface area (Å²) in [5, 5.41) is 10.2. The van der Waals surface area contributed by atoms with Crippen molar-refractivity contribution in [3.63, 3.8) is 0 Å². The maximum absolute atomic E-state index is 13.2. The third-order valence-electron chi connectivity index (χ3n) is 5.01. The second-order valence-electron chi connectivity index (χ2n) is 7.68. The van der Waals surface area contributed by atoms with E-state index < -0.39 is 0 Å². The first-order chi connectivity index (χ1) is 14.5. The zero-order chi connectivity index (χ0) is 21.1. The number of nitrogens with one attached hydrogen (secondary N) is 3. The Morgan fingerprint density at radius 3 is 2.60 bits per heavy atom. The number of imidazole rings is 1. The standard InChI is InChI=1S/C23H25N5O2/c1-14(2)12-20(22-25-18-6-4-5-7-19(18)26-22)27-23(29)17-13-24-28-21(17)15-8-10-16(30-3)11-9-15/h4-11,13-14,20H,12H2,1-3H3,(H,24,28)(H,25,26)(H,27,29). The van der Waals surface area contributed by atoms with Crippen LogP contribution in [-0.2, 0) is 0 Å². The lowest BCUT2D eigenvalue weighted by molar-refractivity contribution is 0.0931. The topological polar surface area (TPSA) is 95.7 Å². The molecule has 2 aromatic carbocycles. The Hall–Kier alpha value is -3.61. The van der Waals surface area contributed by atoms with E-state index in [2.05, 4.69) is 34.3 Å². The molecule has 0 saturated heterocycles. The molecule has 30 heavy (non-hydrogen) atoms. The Morgan fingerprint density at radius 1 is 1.13 bits per heavy atom. The molecule has 4 aromatic rings. The number of aromatic nitrogens is 4. The molecular weight excluding hydrogens is 378 g/mol. The SMILES string of the molecule is COc1ccc(-c2[nH]ncc2C(=O)NC(CC(C)C)c2nc3ccccc3[nH]2)cc1. The Balaban J connectivity index is 1.61. The second kappa shape index (κ2) is 8.41. The van der Waals surface area contributed by atoms with Crippen molar-refractivity contribution in [1.82, 2.24) is 25.5 Å². The van der Waals surface area contributed by atoms with E-state index >= 15 is 0 Å². The quantitative estimate of drug-likeness (QED) is 0.424. The van der Waals surface area contributed by atoms with Gasteiger partial charge in [-0.2, -0.15) is 5.10 Å². The normalized spacial score (nSPS) is 12.3. The Bertz CT molecular complexity index is 1110. The van der Waals surface area contributed by atoms with Gasteiger partial charge in [0, 0.05) is 5.56 Å². The third-order valence-corrected chi connectivity index (χ3v) is 5.01. The molecule has 0 saturated carbocycles. The average molecular weight is 403 g/mol. The Labute approximate surface area is 174 Å². The van der Waals surface area contributed by atoms with Crippen molar-refractivity contribution in [3.05, 3.63) is 66.1 Å². The molecule has 0 spiro atoms. The van der Waals surface area contributed by atoms with Crippen molar-refractivity contribution in [2.75, 3.05) is 7.11 Å². The molecule has 0 bridgehead atoms. The van der Waals surface area contributed by atoms with E-state index in [0.717, 1.165) is 34.6 Å². The van der Waals surface area contributed by atoms with Gasteiger partial charge in [0.25, 0.3) is 5.91 Å². The van der Waals surface area contributed by atoms with Gasteiger partial charge in [-0.05, 0) is 48.7 Å². The fourth-order valence-corrected chi connectivity index (χ4v) is 3.52. The number of methoxy groups -OCH3 is 1. The molecule has 2 heterocycles. The van der Waals surface area contributed by atoms with Gasteiger partial charge in [-0.3, -0.25) is 9.89 Å². The number of rotatable bonds is 7. The maximum Gasteiger partial charge on any atom is 0.255 e. The molecule has 0 radical (unpaired) electrons. The molecule has 154 valence electrons. The molecule has 1 amide bonds. The first kappa shape index (κ1) is 19.7. The molecule has 7 heteroatoms. The summed E-state index contributed by atoms with van der Waals surface area (Å²) in [6, 6.07) is 15.1. The van der Waals surface area contributed by atoms with E-state index in [4.69, 9.17) is 9.72 Å². The molecular formula is C23H25N5O2. The molecule has 0 fully saturated rings. The van der Waals surface area contributed by atoms with Gasteiger partial charge in [-0.15, -0.1) is 0 Å². The maximum atomic E-state index is 13.2. The van der Waals surface area contributed by atoms with Crippen LogP contribution in [0, 0.1) is 5.92 Å². The van der Waals surface area contributed by atoms with Crippen LogP contribution < -0.4 is 10.1 Å². The van der Waals surface area contributed by atoms with Crippen molar-refractivity contribution in [1.29, 1.82) is 0 Å². The number of hydrogen-bond donors (Lipinski definition) is 3. The number of nitrogens with zero attached hydrogens (tertiary/aromatic N) is 2. The first-order valence-electron chi connectivity index (χ1n) is 9.98. The van der Waals surface area contributed by atoms with Crippen molar-refractivity contribution >= 4 is 16.9 Å². The van der Waals surface area contributed by atoms with Crippen molar-refractivity contribution < 1.29 is 9.53 Å². The van der Waals surface area contributed by atoms with E-state index in [1.165, 1.54) is 0 Å². The molecule has 0 aliphatic heterocycles. The van der Waals surface area contributed by atoms with E-state index in [0.29, 0.717) is 17.2 Å². The van der Waals surface area contributed by atoms with Crippen LogP contribution in [0.4, 0.5) is 0 Å². The van der Waals surface area contributed by atoms with Gasteiger partial charge >= 0.3 is 0 Å². The molecule has 7 nitrogen and oxygen atoms in total. The summed E-state index contributed by atoms with van der Waals surface area (Å²) < 4.78 is 5.21. The molecule has 1 unspecified atom stereocenters. The van der Waals surface area contributed by atoms with Crippen LogP contribution in [0.1, 0.15) is 42.5 Å². The van der Waals surface area contributed by atoms with Crippen molar-refractivity contribution in [2.24, 2.45) is 5.92 Å². The smallest absolute Gasteiger partial charge is 0.255 e. The van der Waals surface area contributed by atoms with Gasteiger partial charge in [-0.1, -0.05) is 26.0 Å². The van der Waals surface area contributed by atoms with Crippen molar-refractivity contribution in [3.8, 4) is 17.0 Å². The van der Waals surface area contributed by atoms with Crippen LogP contribution in [-0.4, -0.2) is 33.2 Å². The first-order valence-corrected chi connectivity index (χ1v) is 9.98. The van der Waals surface area contributed by atoms with Gasteiger partial charge in [0.05, 0.1) is 41.6 Å². The second-order valence-corrected chi connectivity index (χ2v) is 7.68. The number of fused-ring (bicyclic) bond motifs is 1. The number of benzene rings is 2. The number of ether oxygens (including phenoxy) is 1. The predicted molar refractivity (Wildman–Crippen MR) is 116 cm³/mol. The lowest BCUT2D eigenvalue weighted by atomic mass is 10.0. The summed E-state index contributed by atoms with van der Waals surface area (Å²) in [5.74, 6) is 1.70. The summed E-state index contributed by atoms with van der Waals surface area (Å²) in [6.45, 7) is 4.25. The van der Waals surface area contributed by atoms with Gasteiger partial charge in [-0.25, -0.2) is 4.98 Å². The highest BCUT2D eigenvalue weighted by Crippen LogP contribution is 2.26. The Morgan fingerprint density at radius 2 is 1.90 bits per heavy atom. The summed E-state index contributed by atoms with van der Waals surface area (Å²) in [5.41, 5.74) is 3.87. The fraction of sp³-hybridized carbons (Fsp3) is 0.261. The van der Waals surface area contributed by atoms with Gasteiger partial charge in [0.15, 0.2) is 0 Å². The van der Waals surface area contributed by atoms with E-state index in [1.54, 1.807) is 13.3 Å². The summed E-state index contributed by atoms with van der Waals surface area (Å²) in [6.07, 6.45) is 2.32. The summed E-state index contributed by atoms with van der Waals surface area (Å²) >= 11 is 0. The zero-order valence-electron chi connectivity index (χ0n) is 17.3. The highest BCUT2D eigenvalue weighted by atomic mass is 16.5. The van der Waals surface area contributed by atoms with E-state index in [-0.39, 0.29) is 11.9 Å². The monoisotopic (exact) mass is 403 g/mol. The van der Waals surface area contributed by atoms with Crippen LogP contribution in [0.2, 0.25) is 0 Å².